The molecule has 7 heteroatoms. The van der Waals surface area contributed by atoms with E-state index < -0.39 is 0 Å². The van der Waals surface area contributed by atoms with Gasteiger partial charge in [-0.2, -0.15) is 0 Å². The number of nitrogens with zero attached hydrogens (tertiary/aromatic N) is 3. The highest BCUT2D eigenvalue weighted by Crippen LogP contribution is 2.48. The number of carbonyl (C=O) groups is 1. The van der Waals surface area contributed by atoms with Gasteiger partial charge < -0.3 is 19.9 Å². The van der Waals surface area contributed by atoms with Crippen LogP contribution in [0.2, 0.25) is 0 Å². The Hall–Kier alpha value is -2.67. The summed E-state index contributed by atoms with van der Waals surface area (Å²) in [6, 6.07) is 10.9. The molecular weight excluding hydrogens is 419 g/mol. The van der Waals surface area contributed by atoms with E-state index in [9.17, 15) is 9.18 Å². The van der Waals surface area contributed by atoms with Crippen molar-refractivity contribution in [1.82, 2.24) is 20.1 Å². The van der Waals surface area contributed by atoms with Crippen molar-refractivity contribution >= 4 is 6.03 Å². The minimum Gasteiger partial charge on any atom is -0.493 e. The summed E-state index contributed by atoms with van der Waals surface area (Å²) >= 11 is 0. The molecule has 0 bridgehead atoms. The number of piperidine rings is 1. The zero-order chi connectivity index (χ0) is 23.4. The second kappa shape index (κ2) is 10.1. The number of aromatic nitrogens is 1. The second-order valence-electron chi connectivity index (χ2n) is 9.90. The third-order valence-electron chi connectivity index (χ3n) is 6.82. The fraction of sp³-hybridized carbons (Fsp3) is 0.538. The molecule has 2 heterocycles. The van der Waals surface area contributed by atoms with Crippen LogP contribution >= 0.6 is 0 Å². The van der Waals surface area contributed by atoms with Crippen LogP contribution in [0.25, 0.3) is 0 Å². The number of amides is 2. The Bertz CT molecular complexity index is 928. The number of nitrogens with one attached hydrogen (secondary N) is 1. The summed E-state index contributed by atoms with van der Waals surface area (Å²) in [5.74, 6) is 0.940. The van der Waals surface area contributed by atoms with E-state index in [1.165, 1.54) is 25.1 Å². The highest BCUT2D eigenvalue weighted by molar-refractivity contribution is 5.74. The number of halogens is 1. The second-order valence-corrected chi connectivity index (χ2v) is 9.90. The smallest absolute Gasteiger partial charge is 0.318 e. The maximum atomic E-state index is 13.3. The first-order valence-electron chi connectivity index (χ1n) is 11.9. The van der Waals surface area contributed by atoms with Crippen LogP contribution in [0.4, 0.5) is 9.18 Å². The molecule has 6 nitrogen and oxygen atoms in total. The van der Waals surface area contributed by atoms with Crippen molar-refractivity contribution in [2.24, 2.45) is 5.92 Å². The summed E-state index contributed by atoms with van der Waals surface area (Å²) in [5, 5.41) is 3.09. The van der Waals surface area contributed by atoms with Gasteiger partial charge in [-0.25, -0.2) is 9.18 Å². The summed E-state index contributed by atoms with van der Waals surface area (Å²) in [7, 11) is 2.18. The molecule has 1 unspecified atom stereocenters. The van der Waals surface area contributed by atoms with Crippen molar-refractivity contribution in [1.29, 1.82) is 0 Å². The zero-order valence-electron chi connectivity index (χ0n) is 19.9. The van der Waals surface area contributed by atoms with Gasteiger partial charge in [0.05, 0.1) is 25.0 Å². The average molecular weight is 455 g/mol. The predicted octanol–water partition coefficient (Wildman–Crippen LogP) is 4.59. The van der Waals surface area contributed by atoms with Gasteiger partial charge in [-0.05, 0) is 68.5 Å². The molecule has 1 aliphatic carbocycles. The minimum atomic E-state index is -0.369. The maximum absolute atomic E-state index is 13.3. The van der Waals surface area contributed by atoms with Crippen molar-refractivity contribution in [2.45, 2.75) is 64.2 Å². The van der Waals surface area contributed by atoms with E-state index in [-0.39, 0.29) is 23.4 Å². The number of pyridine rings is 1. The lowest BCUT2D eigenvalue weighted by Gasteiger charge is -2.42. The van der Waals surface area contributed by atoms with Gasteiger partial charge in [-0.1, -0.05) is 26.0 Å². The summed E-state index contributed by atoms with van der Waals surface area (Å²) < 4.78 is 19.1. The SMILES string of the molecule is CC(C)COc1ccc(CNC(=O)N(Cc2ccc(F)cn2)C2CCN(C)C3(CC3)C2)cc1. The van der Waals surface area contributed by atoms with Crippen LogP contribution in [0.5, 0.6) is 5.75 Å². The molecule has 1 atom stereocenters. The van der Waals surface area contributed by atoms with Crippen molar-refractivity contribution in [2.75, 3.05) is 20.2 Å². The standard InChI is InChI=1S/C26H35FN4O2/c1-19(2)18-33-24-8-4-20(5-9-24)15-29-25(32)31(17-22-7-6-21(27)16-28-22)23-10-13-30(3)26(14-23)11-12-26/h4-9,16,19,23H,10-15,17-18H2,1-3H3,(H,29,32). The Morgan fingerprint density at radius 3 is 2.67 bits per heavy atom. The van der Waals surface area contributed by atoms with Crippen LogP contribution < -0.4 is 10.1 Å². The molecule has 1 aromatic heterocycles. The topological polar surface area (TPSA) is 57.7 Å². The highest BCUT2D eigenvalue weighted by Gasteiger charge is 2.51. The number of benzene rings is 1. The maximum Gasteiger partial charge on any atom is 0.318 e. The molecule has 2 amide bonds. The molecule has 33 heavy (non-hydrogen) atoms. The van der Waals surface area contributed by atoms with Gasteiger partial charge in [0.1, 0.15) is 11.6 Å². The fourth-order valence-corrected chi connectivity index (χ4v) is 4.56. The molecule has 1 spiro atoms. The van der Waals surface area contributed by atoms with Gasteiger partial charge in [0, 0.05) is 24.7 Å². The first-order valence-corrected chi connectivity index (χ1v) is 11.9. The number of rotatable bonds is 8. The average Bonchev–Trinajstić information content (AvgIpc) is 3.58. The molecule has 1 saturated carbocycles. The zero-order valence-corrected chi connectivity index (χ0v) is 19.9. The number of hydrogen-bond acceptors (Lipinski definition) is 4. The molecule has 1 saturated heterocycles. The van der Waals surface area contributed by atoms with Gasteiger partial charge in [0.25, 0.3) is 0 Å². The Morgan fingerprint density at radius 2 is 2.03 bits per heavy atom. The quantitative estimate of drug-likeness (QED) is 0.634. The Kier molecular flexibility index (Phi) is 7.17. The third-order valence-corrected chi connectivity index (χ3v) is 6.82. The van der Waals surface area contributed by atoms with E-state index in [1.54, 1.807) is 6.07 Å². The van der Waals surface area contributed by atoms with Crippen LogP contribution in [0.1, 0.15) is 50.8 Å². The number of urea groups is 1. The first-order chi connectivity index (χ1) is 15.8. The van der Waals surface area contributed by atoms with Crippen LogP contribution in [0.3, 0.4) is 0 Å². The molecule has 1 aliphatic heterocycles. The summed E-state index contributed by atoms with van der Waals surface area (Å²) in [6.45, 7) is 6.70. The van der Waals surface area contributed by atoms with E-state index in [1.807, 2.05) is 29.2 Å². The van der Waals surface area contributed by atoms with E-state index >= 15 is 0 Å². The van der Waals surface area contributed by atoms with E-state index in [2.05, 4.69) is 36.1 Å². The van der Waals surface area contributed by atoms with Crippen LogP contribution in [-0.2, 0) is 13.1 Å². The third kappa shape index (κ3) is 6.02. The first kappa shape index (κ1) is 23.5. The fourth-order valence-electron chi connectivity index (χ4n) is 4.56. The monoisotopic (exact) mass is 454 g/mol. The van der Waals surface area contributed by atoms with Gasteiger partial charge in [-0.3, -0.25) is 4.98 Å². The van der Waals surface area contributed by atoms with E-state index in [0.29, 0.717) is 31.3 Å². The van der Waals surface area contributed by atoms with Crippen molar-refractivity contribution in [3.63, 3.8) is 0 Å². The number of ether oxygens (including phenoxy) is 1. The van der Waals surface area contributed by atoms with Crippen molar-refractivity contribution in [3.05, 3.63) is 59.7 Å². The van der Waals surface area contributed by atoms with Crippen molar-refractivity contribution < 1.29 is 13.9 Å². The van der Waals surface area contributed by atoms with Gasteiger partial charge in [0.2, 0.25) is 0 Å². The number of likely N-dealkylation sites (tertiary alicyclic amines) is 1. The lowest BCUT2D eigenvalue weighted by Crippen LogP contribution is -2.53. The largest absolute Gasteiger partial charge is 0.493 e. The Labute approximate surface area is 196 Å². The normalized spacial score (nSPS) is 19.5. The lowest BCUT2D eigenvalue weighted by atomic mass is 9.94. The molecule has 1 aromatic carbocycles. The molecule has 2 aromatic rings. The number of hydrogen-bond donors (Lipinski definition) is 1. The molecule has 1 N–H and O–H groups in total. The minimum absolute atomic E-state index is 0.105. The molecule has 2 fully saturated rings. The van der Waals surface area contributed by atoms with Gasteiger partial charge in [-0.15, -0.1) is 0 Å². The summed E-state index contributed by atoms with van der Waals surface area (Å²) in [4.78, 5) is 21.9. The predicted molar refractivity (Wildman–Crippen MR) is 126 cm³/mol. The molecule has 4 rings (SSSR count). The highest BCUT2D eigenvalue weighted by atomic mass is 19.1. The van der Waals surface area contributed by atoms with E-state index in [4.69, 9.17) is 4.74 Å². The van der Waals surface area contributed by atoms with E-state index in [0.717, 1.165) is 30.7 Å². The molecule has 178 valence electrons. The van der Waals surface area contributed by atoms with Crippen LogP contribution in [-0.4, -0.2) is 52.6 Å². The Morgan fingerprint density at radius 1 is 1.27 bits per heavy atom. The van der Waals surface area contributed by atoms with Gasteiger partial charge in [0.15, 0.2) is 0 Å². The Balaban J connectivity index is 1.41. The summed E-state index contributed by atoms with van der Waals surface area (Å²) in [6.07, 6.45) is 5.49. The van der Waals surface area contributed by atoms with Crippen LogP contribution in [0, 0.1) is 11.7 Å². The number of carbonyl (C=O) groups excluding carboxylic acids is 1. The summed E-state index contributed by atoms with van der Waals surface area (Å²) in [5.41, 5.74) is 1.95. The van der Waals surface area contributed by atoms with Crippen molar-refractivity contribution in [3.8, 4) is 5.75 Å². The molecule has 0 radical (unpaired) electrons. The van der Waals surface area contributed by atoms with Gasteiger partial charge >= 0.3 is 6.03 Å². The lowest BCUT2D eigenvalue weighted by molar-refractivity contribution is 0.0796. The molecular formula is C26H35FN4O2. The molecule has 2 aliphatic rings. The van der Waals surface area contributed by atoms with Crippen LogP contribution in [0.15, 0.2) is 42.6 Å².